The molecule has 7 heteroatoms. The maximum absolute atomic E-state index is 12.8. The van der Waals surface area contributed by atoms with E-state index in [1.165, 1.54) is 0 Å². The Bertz CT molecular complexity index is 738. The van der Waals surface area contributed by atoms with Gasteiger partial charge in [0.25, 0.3) is 0 Å². The summed E-state index contributed by atoms with van der Waals surface area (Å²) in [6.45, 7) is 4.55. The molecule has 2 saturated heterocycles. The number of aryl methyl sites for hydroxylation is 1. The summed E-state index contributed by atoms with van der Waals surface area (Å²) in [4.78, 5) is 19.5. The van der Waals surface area contributed by atoms with Crippen LogP contribution in [0.3, 0.4) is 0 Å². The van der Waals surface area contributed by atoms with Crippen molar-refractivity contribution >= 4 is 22.6 Å². The van der Waals surface area contributed by atoms with Gasteiger partial charge in [0.05, 0.1) is 17.9 Å². The van der Waals surface area contributed by atoms with Crippen LogP contribution in [0.1, 0.15) is 31.4 Å². The van der Waals surface area contributed by atoms with Gasteiger partial charge in [-0.1, -0.05) is 0 Å². The first-order valence-electron chi connectivity index (χ1n) is 8.67. The predicted molar refractivity (Wildman–Crippen MR) is 90.8 cm³/mol. The predicted octanol–water partition coefficient (Wildman–Crippen LogP) is 1.85. The highest BCUT2D eigenvalue weighted by molar-refractivity contribution is 5.96. The van der Waals surface area contributed by atoms with E-state index in [1.54, 1.807) is 6.20 Å². The van der Waals surface area contributed by atoms with Crippen molar-refractivity contribution in [1.82, 2.24) is 20.1 Å². The average Bonchev–Trinajstić information content (AvgIpc) is 3.23. The van der Waals surface area contributed by atoms with Gasteiger partial charge >= 0.3 is 0 Å². The number of aromatic amines is 1. The Morgan fingerprint density at radius 1 is 1.38 bits per heavy atom. The second-order valence-electron chi connectivity index (χ2n) is 6.67. The Hall–Kier alpha value is -1.99. The Kier molecular flexibility index (Phi) is 4.20. The van der Waals surface area contributed by atoms with E-state index < -0.39 is 0 Å². The highest BCUT2D eigenvalue weighted by Crippen LogP contribution is 2.26. The lowest BCUT2D eigenvalue weighted by atomic mass is 10.1. The number of nitrogens with one attached hydrogen (secondary N) is 2. The number of aromatic nitrogens is 3. The van der Waals surface area contributed by atoms with Crippen LogP contribution >= 0.6 is 0 Å². The number of carbonyl (C=O) groups excluding carboxylic acids is 1. The number of hydrogen-bond donors (Lipinski definition) is 2. The number of likely N-dealkylation sites (tertiary alicyclic amines) is 1. The Morgan fingerprint density at radius 3 is 3.04 bits per heavy atom. The van der Waals surface area contributed by atoms with E-state index >= 15 is 0 Å². The fourth-order valence-corrected chi connectivity index (χ4v) is 3.84. The maximum atomic E-state index is 12.8. The molecule has 2 aliphatic heterocycles. The van der Waals surface area contributed by atoms with Gasteiger partial charge in [0.2, 0.25) is 5.91 Å². The van der Waals surface area contributed by atoms with Gasteiger partial charge in [-0.05, 0) is 45.2 Å². The van der Waals surface area contributed by atoms with Gasteiger partial charge in [0.1, 0.15) is 0 Å². The number of hydrogen-bond acceptors (Lipinski definition) is 5. The molecule has 2 aromatic rings. The fourth-order valence-electron chi connectivity index (χ4n) is 3.84. The van der Waals surface area contributed by atoms with Gasteiger partial charge in [-0.3, -0.25) is 14.8 Å². The zero-order valence-electron chi connectivity index (χ0n) is 13.9. The fraction of sp³-hybridized carbons (Fsp3) is 0.588. The van der Waals surface area contributed by atoms with Crippen LogP contribution in [0.2, 0.25) is 0 Å². The van der Waals surface area contributed by atoms with Crippen molar-refractivity contribution in [3.05, 3.63) is 18.0 Å². The quantitative estimate of drug-likeness (QED) is 0.898. The van der Waals surface area contributed by atoms with Crippen molar-refractivity contribution < 1.29 is 9.53 Å². The second-order valence-corrected chi connectivity index (χ2v) is 6.67. The van der Waals surface area contributed by atoms with Crippen LogP contribution in [0.4, 0.5) is 5.69 Å². The average molecular weight is 329 g/mol. The molecule has 0 aromatic carbocycles. The molecule has 0 unspecified atom stereocenters. The molecule has 0 bridgehead atoms. The monoisotopic (exact) mass is 329 g/mol. The summed E-state index contributed by atoms with van der Waals surface area (Å²) < 4.78 is 5.45. The molecule has 0 radical (unpaired) electrons. The summed E-state index contributed by atoms with van der Waals surface area (Å²) in [5, 5.41) is 11.0. The van der Waals surface area contributed by atoms with Gasteiger partial charge in [-0.2, -0.15) is 5.10 Å². The van der Waals surface area contributed by atoms with Gasteiger partial charge in [0.15, 0.2) is 5.65 Å². The minimum absolute atomic E-state index is 0.0470. The molecule has 0 saturated carbocycles. The Balaban J connectivity index is 1.48. The summed E-state index contributed by atoms with van der Waals surface area (Å²) in [5.41, 5.74) is 2.37. The standard InChI is InChI=1S/C17H23N5O2/c1-11-14-9-12(10-18-16(14)21-20-11)19-17(23)15-3-2-6-22(15)13-4-7-24-8-5-13/h9-10,13,15H,2-8H2,1H3,(H,19,23)(H,18,20,21)/t15-/m1/s1. The van der Waals surface area contributed by atoms with Crippen LogP contribution in [0.5, 0.6) is 0 Å². The molecular formula is C17H23N5O2. The van der Waals surface area contributed by atoms with Crippen molar-refractivity contribution in [3.8, 4) is 0 Å². The molecule has 1 atom stereocenters. The van der Waals surface area contributed by atoms with Crippen molar-refractivity contribution in [2.45, 2.75) is 44.7 Å². The molecule has 128 valence electrons. The normalized spacial score (nSPS) is 23.0. The Labute approximate surface area is 140 Å². The van der Waals surface area contributed by atoms with Gasteiger partial charge < -0.3 is 10.1 Å². The van der Waals surface area contributed by atoms with E-state index in [2.05, 4.69) is 25.4 Å². The summed E-state index contributed by atoms with van der Waals surface area (Å²) in [6.07, 6.45) is 5.71. The van der Waals surface area contributed by atoms with Crippen LogP contribution in [0.25, 0.3) is 11.0 Å². The third kappa shape index (κ3) is 2.89. The first-order chi connectivity index (χ1) is 11.7. The topological polar surface area (TPSA) is 83.1 Å². The zero-order chi connectivity index (χ0) is 16.5. The van der Waals surface area contributed by atoms with Gasteiger partial charge in [0, 0.05) is 30.3 Å². The summed E-state index contributed by atoms with van der Waals surface area (Å²) in [5.74, 6) is 0.0706. The number of carbonyl (C=O) groups is 1. The van der Waals surface area contributed by atoms with Crippen LogP contribution in [-0.2, 0) is 9.53 Å². The number of nitrogens with zero attached hydrogens (tertiary/aromatic N) is 3. The molecule has 2 aliphatic rings. The third-order valence-corrected chi connectivity index (χ3v) is 5.12. The molecule has 7 nitrogen and oxygen atoms in total. The molecule has 0 aliphatic carbocycles. The molecule has 1 amide bonds. The number of fused-ring (bicyclic) bond motifs is 1. The van der Waals surface area contributed by atoms with E-state index in [0.29, 0.717) is 11.7 Å². The number of anilines is 1. The Morgan fingerprint density at radius 2 is 2.21 bits per heavy atom. The van der Waals surface area contributed by atoms with Crippen molar-refractivity contribution in [1.29, 1.82) is 0 Å². The minimum Gasteiger partial charge on any atom is -0.381 e. The zero-order valence-corrected chi connectivity index (χ0v) is 13.9. The molecule has 0 spiro atoms. The summed E-state index contributed by atoms with van der Waals surface area (Å²) in [7, 11) is 0. The summed E-state index contributed by atoms with van der Waals surface area (Å²) >= 11 is 0. The van der Waals surface area contributed by atoms with Crippen LogP contribution in [-0.4, -0.2) is 57.8 Å². The number of rotatable bonds is 3. The first-order valence-corrected chi connectivity index (χ1v) is 8.67. The van der Waals surface area contributed by atoms with E-state index in [1.807, 2.05) is 13.0 Å². The van der Waals surface area contributed by atoms with Crippen molar-refractivity contribution in [2.75, 3.05) is 25.1 Å². The van der Waals surface area contributed by atoms with E-state index in [4.69, 9.17) is 4.74 Å². The number of amides is 1. The highest BCUT2D eigenvalue weighted by Gasteiger charge is 2.36. The molecule has 24 heavy (non-hydrogen) atoms. The minimum atomic E-state index is -0.0470. The number of pyridine rings is 1. The van der Waals surface area contributed by atoms with Gasteiger partial charge in [-0.25, -0.2) is 4.98 Å². The smallest absolute Gasteiger partial charge is 0.241 e. The van der Waals surface area contributed by atoms with Crippen molar-refractivity contribution in [3.63, 3.8) is 0 Å². The molecule has 4 rings (SSSR count). The lowest BCUT2D eigenvalue weighted by Gasteiger charge is -2.34. The SMILES string of the molecule is Cc1[nH]nc2ncc(NC(=O)[C@H]3CCCN3C3CCOCC3)cc12. The largest absolute Gasteiger partial charge is 0.381 e. The van der Waals surface area contributed by atoms with Crippen LogP contribution in [0.15, 0.2) is 12.3 Å². The second kappa shape index (κ2) is 6.49. The molecule has 2 aromatic heterocycles. The molecule has 2 N–H and O–H groups in total. The van der Waals surface area contributed by atoms with E-state index in [-0.39, 0.29) is 11.9 Å². The molecule has 2 fully saturated rings. The number of ether oxygens (including phenoxy) is 1. The van der Waals surface area contributed by atoms with Gasteiger partial charge in [-0.15, -0.1) is 0 Å². The number of H-pyrrole nitrogens is 1. The van der Waals surface area contributed by atoms with Crippen LogP contribution < -0.4 is 5.32 Å². The highest BCUT2D eigenvalue weighted by atomic mass is 16.5. The lowest BCUT2D eigenvalue weighted by Crippen LogP contribution is -2.47. The third-order valence-electron chi connectivity index (χ3n) is 5.12. The van der Waals surface area contributed by atoms with Crippen LogP contribution in [0, 0.1) is 6.92 Å². The first kappa shape index (κ1) is 15.5. The summed E-state index contributed by atoms with van der Waals surface area (Å²) in [6, 6.07) is 2.36. The molecular weight excluding hydrogens is 306 g/mol. The molecule has 4 heterocycles. The maximum Gasteiger partial charge on any atom is 0.241 e. The van der Waals surface area contributed by atoms with E-state index in [0.717, 1.165) is 62.2 Å². The van der Waals surface area contributed by atoms with E-state index in [9.17, 15) is 4.79 Å². The van der Waals surface area contributed by atoms with Crippen molar-refractivity contribution in [2.24, 2.45) is 0 Å². The lowest BCUT2D eigenvalue weighted by molar-refractivity contribution is -0.121.